The summed E-state index contributed by atoms with van der Waals surface area (Å²) in [6.07, 6.45) is 8.51. The smallest absolute Gasteiger partial charge is 0.335 e. The highest BCUT2D eigenvalue weighted by molar-refractivity contribution is 6.09. The summed E-state index contributed by atoms with van der Waals surface area (Å²) in [5.74, 6) is -0.415. The van der Waals surface area contributed by atoms with Gasteiger partial charge in [-0.05, 0) is 17.2 Å². The van der Waals surface area contributed by atoms with Crippen LogP contribution in [0.25, 0.3) is 6.08 Å². The predicted octanol–water partition coefficient (Wildman–Crippen LogP) is 5.17. The van der Waals surface area contributed by atoms with Gasteiger partial charge in [0.15, 0.2) is 5.78 Å². The normalized spacial score (nSPS) is 18.9. The molecule has 1 aliphatic carbocycles. The maximum Gasteiger partial charge on any atom is 0.335 e. The van der Waals surface area contributed by atoms with Crippen LogP contribution >= 0.6 is 0 Å². The molecule has 0 heterocycles. The molecule has 28 heavy (non-hydrogen) atoms. The van der Waals surface area contributed by atoms with Crippen LogP contribution in [0, 0.1) is 0 Å². The summed E-state index contributed by atoms with van der Waals surface area (Å²) in [6, 6.07) is 19.5. The van der Waals surface area contributed by atoms with Gasteiger partial charge in [-0.3, -0.25) is 4.79 Å². The molecule has 0 saturated heterocycles. The Bertz CT molecular complexity index is 965. The molecule has 0 bridgehead atoms. The highest BCUT2D eigenvalue weighted by Gasteiger charge is 2.32. The van der Waals surface area contributed by atoms with Crippen molar-refractivity contribution in [2.75, 3.05) is 0 Å². The molecule has 1 unspecified atom stereocenters. The van der Waals surface area contributed by atoms with Gasteiger partial charge < -0.3 is 4.74 Å². The summed E-state index contributed by atoms with van der Waals surface area (Å²) in [7, 11) is 0. The molecule has 0 saturated carbocycles. The van der Waals surface area contributed by atoms with E-state index in [1.807, 2.05) is 66.7 Å². The third-order valence-electron chi connectivity index (χ3n) is 4.76. The number of carbonyl (C=O) groups excluding carboxylic acids is 2. The van der Waals surface area contributed by atoms with E-state index in [4.69, 9.17) is 4.74 Å². The van der Waals surface area contributed by atoms with Gasteiger partial charge in [0.1, 0.15) is 5.76 Å². The van der Waals surface area contributed by atoms with Gasteiger partial charge >= 0.3 is 5.97 Å². The topological polar surface area (TPSA) is 43.4 Å². The standard InChI is InChI=1S/C25H22O3/c1-3-24(27)28-23-18-25(2,20-12-8-5-9-13-20)17-16-21(23)22(26)15-14-19-10-6-4-7-11-19/h3-17H,1,18H2,2H3. The lowest BCUT2D eigenvalue weighted by molar-refractivity contribution is -0.134. The lowest BCUT2D eigenvalue weighted by Crippen LogP contribution is -2.26. The SMILES string of the molecule is C=CC(=O)OC1=C(C(=O)C=Cc2ccccc2)C=CC(C)(c2ccccc2)C1. The molecule has 0 spiro atoms. The molecular formula is C25H22O3. The minimum absolute atomic E-state index is 0.206. The van der Waals surface area contributed by atoms with E-state index in [1.165, 1.54) is 6.08 Å². The average molecular weight is 370 g/mol. The molecule has 1 aliphatic rings. The zero-order chi connectivity index (χ0) is 20.0. The van der Waals surface area contributed by atoms with Crippen molar-refractivity contribution in [3.63, 3.8) is 0 Å². The van der Waals surface area contributed by atoms with Gasteiger partial charge in [0.05, 0.1) is 5.57 Å². The van der Waals surface area contributed by atoms with Crippen LogP contribution in [0.2, 0.25) is 0 Å². The number of ether oxygens (including phenoxy) is 1. The lowest BCUT2D eigenvalue weighted by atomic mass is 9.75. The van der Waals surface area contributed by atoms with Crippen molar-refractivity contribution in [3.8, 4) is 0 Å². The van der Waals surface area contributed by atoms with E-state index in [1.54, 1.807) is 12.2 Å². The fourth-order valence-corrected chi connectivity index (χ4v) is 3.16. The number of ketones is 1. The first kappa shape index (κ1) is 19.3. The van der Waals surface area contributed by atoms with Crippen molar-refractivity contribution < 1.29 is 14.3 Å². The molecule has 0 amide bonds. The molecule has 140 valence electrons. The molecule has 0 N–H and O–H groups in total. The van der Waals surface area contributed by atoms with E-state index in [0.717, 1.165) is 17.2 Å². The summed E-state index contributed by atoms with van der Waals surface area (Å²) >= 11 is 0. The van der Waals surface area contributed by atoms with E-state index >= 15 is 0 Å². The monoisotopic (exact) mass is 370 g/mol. The molecule has 0 aromatic heterocycles. The third kappa shape index (κ3) is 4.44. The average Bonchev–Trinajstić information content (AvgIpc) is 2.73. The van der Waals surface area contributed by atoms with Gasteiger partial charge in [0, 0.05) is 17.9 Å². The molecule has 1 atom stereocenters. The second-order valence-electron chi connectivity index (χ2n) is 6.86. The third-order valence-corrected chi connectivity index (χ3v) is 4.76. The summed E-state index contributed by atoms with van der Waals surface area (Å²) in [4.78, 5) is 24.6. The van der Waals surface area contributed by atoms with Crippen LogP contribution in [0.4, 0.5) is 0 Å². The molecule has 0 fully saturated rings. The van der Waals surface area contributed by atoms with Crippen LogP contribution in [-0.2, 0) is 19.7 Å². The summed E-state index contributed by atoms with van der Waals surface area (Å²) < 4.78 is 5.46. The van der Waals surface area contributed by atoms with Crippen LogP contribution in [0.15, 0.2) is 103 Å². The predicted molar refractivity (Wildman–Crippen MR) is 111 cm³/mol. The number of allylic oxidation sites excluding steroid dienone is 5. The number of esters is 1. The van der Waals surface area contributed by atoms with Crippen molar-refractivity contribution in [2.45, 2.75) is 18.8 Å². The van der Waals surface area contributed by atoms with Gasteiger partial charge in [-0.2, -0.15) is 0 Å². The maximum atomic E-state index is 12.8. The van der Waals surface area contributed by atoms with Gasteiger partial charge in [0.2, 0.25) is 0 Å². The van der Waals surface area contributed by atoms with E-state index < -0.39 is 5.97 Å². The number of hydrogen-bond donors (Lipinski definition) is 0. The zero-order valence-electron chi connectivity index (χ0n) is 15.8. The van der Waals surface area contributed by atoms with Gasteiger partial charge in [-0.25, -0.2) is 4.79 Å². The quantitative estimate of drug-likeness (QED) is 0.520. The van der Waals surface area contributed by atoms with E-state index in [2.05, 4.69) is 13.5 Å². The van der Waals surface area contributed by atoms with E-state index in [0.29, 0.717) is 17.8 Å². The van der Waals surface area contributed by atoms with Crippen molar-refractivity contribution in [3.05, 3.63) is 114 Å². The fourth-order valence-electron chi connectivity index (χ4n) is 3.16. The molecule has 0 radical (unpaired) electrons. The Morgan fingerprint density at radius 1 is 1.04 bits per heavy atom. The van der Waals surface area contributed by atoms with Crippen LogP contribution in [0.3, 0.4) is 0 Å². The van der Waals surface area contributed by atoms with Crippen LogP contribution in [0.1, 0.15) is 24.5 Å². The lowest BCUT2D eigenvalue weighted by Gasteiger charge is -2.31. The number of hydrogen-bond acceptors (Lipinski definition) is 3. The fraction of sp³-hybridized carbons (Fsp3) is 0.120. The number of carbonyl (C=O) groups is 2. The Hall–Kier alpha value is -3.46. The Morgan fingerprint density at radius 3 is 2.32 bits per heavy atom. The van der Waals surface area contributed by atoms with Crippen LogP contribution < -0.4 is 0 Å². The minimum atomic E-state index is -0.571. The first-order valence-electron chi connectivity index (χ1n) is 9.11. The van der Waals surface area contributed by atoms with Crippen molar-refractivity contribution in [1.29, 1.82) is 0 Å². The van der Waals surface area contributed by atoms with Gasteiger partial charge in [-0.1, -0.05) is 92.4 Å². The molecule has 0 aliphatic heterocycles. The van der Waals surface area contributed by atoms with Crippen molar-refractivity contribution in [2.24, 2.45) is 0 Å². The highest BCUT2D eigenvalue weighted by atomic mass is 16.5. The van der Waals surface area contributed by atoms with Crippen LogP contribution in [-0.4, -0.2) is 11.8 Å². The molecule has 3 rings (SSSR count). The van der Waals surface area contributed by atoms with Crippen LogP contribution in [0.5, 0.6) is 0 Å². The summed E-state index contributed by atoms with van der Waals surface area (Å²) in [5.41, 5.74) is 2.03. The Balaban J connectivity index is 1.92. The molecule has 3 heteroatoms. The van der Waals surface area contributed by atoms with Crippen molar-refractivity contribution in [1.82, 2.24) is 0 Å². The molecule has 2 aromatic rings. The van der Waals surface area contributed by atoms with Gasteiger partial charge in [-0.15, -0.1) is 0 Å². The summed E-state index contributed by atoms with van der Waals surface area (Å²) in [5, 5.41) is 0. The zero-order valence-corrected chi connectivity index (χ0v) is 15.8. The van der Waals surface area contributed by atoms with E-state index in [-0.39, 0.29) is 11.2 Å². The molecule has 2 aromatic carbocycles. The minimum Gasteiger partial charge on any atom is -0.427 e. The highest BCUT2D eigenvalue weighted by Crippen LogP contribution is 2.38. The second kappa shape index (κ2) is 8.49. The van der Waals surface area contributed by atoms with Crippen molar-refractivity contribution >= 4 is 17.8 Å². The largest absolute Gasteiger partial charge is 0.427 e. The maximum absolute atomic E-state index is 12.8. The Kier molecular flexibility index (Phi) is 5.85. The van der Waals surface area contributed by atoms with E-state index in [9.17, 15) is 9.59 Å². The Morgan fingerprint density at radius 2 is 1.68 bits per heavy atom. The first-order chi connectivity index (χ1) is 13.5. The first-order valence-corrected chi connectivity index (χ1v) is 9.11. The second-order valence-corrected chi connectivity index (χ2v) is 6.86. The molecule has 3 nitrogen and oxygen atoms in total. The molecular weight excluding hydrogens is 348 g/mol. The summed E-state index contributed by atoms with van der Waals surface area (Å²) in [6.45, 7) is 5.51. The van der Waals surface area contributed by atoms with Gasteiger partial charge in [0.25, 0.3) is 0 Å². The number of benzene rings is 2. The Labute approximate surface area is 165 Å². The number of rotatable bonds is 6.